The van der Waals surface area contributed by atoms with E-state index < -0.39 is 23.0 Å². The van der Waals surface area contributed by atoms with E-state index >= 15 is 0 Å². The van der Waals surface area contributed by atoms with E-state index in [1.807, 2.05) is 0 Å². The van der Waals surface area contributed by atoms with Gasteiger partial charge in [0.25, 0.3) is 5.91 Å². The second kappa shape index (κ2) is 10.4. The van der Waals surface area contributed by atoms with E-state index in [2.05, 4.69) is 67.0 Å². The highest BCUT2D eigenvalue weighted by molar-refractivity contribution is 8.01. The number of tetrazole rings is 1. The Morgan fingerprint density at radius 1 is 1.35 bits per heavy atom. The minimum Gasteiger partial charge on any atom is -0.543 e. The van der Waals surface area contributed by atoms with Crippen LogP contribution in [0.15, 0.2) is 46.8 Å². The Hall–Kier alpha value is -2.45. The van der Waals surface area contributed by atoms with Gasteiger partial charge in [0, 0.05) is 31.2 Å². The molecule has 0 radical (unpaired) electrons. The molecule has 2 atom stereocenters. The van der Waals surface area contributed by atoms with E-state index in [0.717, 1.165) is 15.9 Å². The molecule has 1 saturated heterocycles. The van der Waals surface area contributed by atoms with Crippen molar-refractivity contribution in [2.45, 2.75) is 22.8 Å². The summed E-state index contributed by atoms with van der Waals surface area (Å²) in [4.78, 5) is 24.8. The van der Waals surface area contributed by atoms with Crippen molar-refractivity contribution in [1.29, 1.82) is 0 Å². The van der Waals surface area contributed by atoms with Crippen LogP contribution in [0.25, 0.3) is 0 Å². The number of nitrogens with two attached hydrogens (primary N) is 1. The van der Waals surface area contributed by atoms with E-state index in [-0.39, 0.29) is 5.70 Å². The molecule has 2 N–H and O–H groups in total. The number of aryl methyl sites for hydroxylation is 1. The molecule has 11 nitrogen and oxygen atoms in total. The maximum absolute atomic E-state index is 12.2. The molecule has 0 spiro atoms. The van der Waals surface area contributed by atoms with Gasteiger partial charge in [-0.05, 0) is 16.0 Å². The number of fused-ring (bicyclic) bond motifs is 1. The second-order valence-corrected chi connectivity index (χ2v) is 10.9. The second-order valence-electron chi connectivity index (χ2n) is 8.88. The molecule has 1 fully saturated rings. The first-order valence-corrected chi connectivity index (χ1v) is 12.4. The van der Waals surface area contributed by atoms with Gasteiger partial charge in [0.1, 0.15) is 11.9 Å². The van der Waals surface area contributed by atoms with Gasteiger partial charge in [-0.25, -0.2) is 4.68 Å². The van der Waals surface area contributed by atoms with Gasteiger partial charge in [-0.15, -0.1) is 16.9 Å². The molecule has 0 unspecified atom stereocenters. The van der Waals surface area contributed by atoms with Crippen molar-refractivity contribution in [3.63, 3.8) is 0 Å². The van der Waals surface area contributed by atoms with Crippen LogP contribution in [-0.2, 0) is 27.9 Å². The highest BCUT2D eigenvalue weighted by Crippen LogP contribution is 2.45. The van der Waals surface area contributed by atoms with Gasteiger partial charge in [0.2, 0.25) is 10.9 Å². The Labute approximate surface area is 206 Å². The van der Waals surface area contributed by atoms with Crippen LogP contribution < -0.4 is 10.8 Å². The maximum atomic E-state index is 12.2. The molecule has 3 heterocycles. The summed E-state index contributed by atoms with van der Waals surface area (Å²) in [6, 6.07) is 10.6. The summed E-state index contributed by atoms with van der Waals surface area (Å²) < 4.78 is 7.52. The molecule has 0 bridgehead atoms. The number of amides is 1. The van der Waals surface area contributed by atoms with Crippen molar-refractivity contribution in [3.8, 4) is 0 Å². The first-order valence-electron chi connectivity index (χ1n) is 10.4. The number of benzene rings is 1. The minimum atomic E-state index is -1.49. The van der Waals surface area contributed by atoms with Gasteiger partial charge in [-0.2, -0.15) is 0 Å². The Morgan fingerprint density at radius 3 is 2.56 bits per heavy atom. The highest BCUT2D eigenvalue weighted by Gasteiger charge is 2.62. The number of rotatable bonds is 7. The average molecular weight is 508 g/mol. The van der Waals surface area contributed by atoms with Crippen LogP contribution in [0.4, 0.5) is 0 Å². The molecule has 34 heavy (non-hydrogen) atoms. The number of carbonyl (C=O) groups is 2. The number of carbonyl (C=O) groups excluding carboxylic acids is 2. The smallest absolute Gasteiger partial charge is 0.278 e. The van der Waals surface area contributed by atoms with Gasteiger partial charge in [-0.1, -0.05) is 42.1 Å². The van der Waals surface area contributed by atoms with Gasteiger partial charge in [-0.3, -0.25) is 15.4 Å². The number of hydrogen-bond donors (Lipinski definition) is 1. The summed E-state index contributed by atoms with van der Waals surface area (Å²) in [7, 11) is 9.61. The van der Waals surface area contributed by atoms with Crippen LogP contribution >= 0.6 is 23.5 Å². The molecule has 184 valence electrons. The average Bonchev–Trinajstić information content (AvgIpc) is 3.20. The van der Waals surface area contributed by atoms with Crippen LogP contribution in [-0.4, -0.2) is 92.3 Å². The quantitative estimate of drug-likeness (QED) is 0.224. The fraction of sp³-hybridized carbons (Fsp3) is 0.476. The van der Waals surface area contributed by atoms with E-state index in [9.17, 15) is 14.7 Å². The van der Waals surface area contributed by atoms with Crippen molar-refractivity contribution < 1.29 is 23.9 Å². The zero-order valence-electron chi connectivity index (χ0n) is 19.8. The minimum absolute atomic E-state index is 0.139. The van der Waals surface area contributed by atoms with E-state index in [1.165, 1.54) is 40.9 Å². The number of quaternary nitrogens is 1. The lowest BCUT2D eigenvalue weighted by atomic mass is 10.00. The van der Waals surface area contributed by atoms with Crippen molar-refractivity contribution in [2.75, 3.05) is 39.8 Å². The number of carboxylic acids is 1. The van der Waals surface area contributed by atoms with Crippen molar-refractivity contribution >= 4 is 35.4 Å². The van der Waals surface area contributed by atoms with Gasteiger partial charge in [0.15, 0.2) is 0 Å². The fourth-order valence-electron chi connectivity index (χ4n) is 3.53. The van der Waals surface area contributed by atoms with E-state index in [0.29, 0.717) is 22.2 Å². The molecular weight excluding hydrogens is 478 g/mol. The Kier molecular flexibility index (Phi) is 8.03. The molecule has 2 aromatic rings. The maximum Gasteiger partial charge on any atom is 0.278 e. The molecule has 1 amide bonds. The van der Waals surface area contributed by atoms with Crippen LogP contribution in [0.1, 0.15) is 5.56 Å². The Morgan fingerprint density at radius 2 is 2.03 bits per heavy atom. The third-order valence-corrected chi connectivity index (χ3v) is 7.62. The number of hydrogen-bond acceptors (Lipinski definition) is 10. The van der Waals surface area contributed by atoms with E-state index in [4.69, 9.17) is 10.5 Å². The molecule has 13 heteroatoms. The van der Waals surface area contributed by atoms with Crippen molar-refractivity contribution in [3.05, 3.63) is 47.2 Å². The molecular formula is C21H29N7O4S2. The third kappa shape index (κ3) is 5.61. The van der Waals surface area contributed by atoms with Gasteiger partial charge in [0.05, 0.1) is 32.8 Å². The predicted octanol–water partition coefficient (Wildman–Crippen LogP) is -0.584. The summed E-state index contributed by atoms with van der Waals surface area (Å²) in [6.07, 6.45) is 0. The van der Waals surface area contributed by atoms with Gasteiger partial charge >= 0.3 is 0 Å². The lowest BCUT2D eigenvalue weighted by molar-refractivity contribution is -0.884. The molecule has 1 aromatic carbocycles. The monoisotopic (exact) mass is 507 g/mol. The SMILES string of the molecule is CO[C@@]1(N)C(=O)N2C(C(=O)[O-])=C(CSc3nnnn3C)CS[C@H]21.C[N+](C)(C)Cc1ccccc1. The Bertz CT molecular complexity index is 1070. The summed E-state index contributed by atoms with van der Waals surface area (Å²) >= 11 is 2.63. The number of β-lactam (4-membered cyclic amide) rings is 1. The molecule has 4 rings (SSSR count). The molecule has 2 aliphatic rings. The van der Waals surface area contributed by atoms with Gasteiger partial charge < -0.3 is 19.1 Å². The predicted molar refractivity (Wildman–Crippen MR) is 127 cm³/mol. The molecule has 2 aliphatic heterocycles. The molecule has 0 saturated carbocycles. The molecule has 0 aliphatic carbocycles. The summed E-state index contributed by atoms with van der Waals surface area (Å²) in [6.45, 7) is 1.10. The third-order valence-electron chi connectivity index (χ3n) is 5.13. The van der Waals surface area contributed by atoms with Crippen LogP contribution in [0.3, 0.4) is 0 Å². The number of methoxy groups -OCH3 is 1. The van der Waals surface area contributed by atoms with Crippen LogP contribution in [0, 0.1) is 0 Å². The van der Waals surface area contributed by atoms with Crippen molar-refractivity contribution in [2.24, 2.45) is 12.8 Å². The lowest BCUT2D eigenvalue weighted by Crippen LogP contribution is -2.79. The largest absolute Gasteiger partial charge is 0.543 e. The number of aromatic nitrogens is 4. The number of thioether (sulfide) groups is 2. The highest BCUT2D eigenvalue weighted by atomic mass is 32.2. The number of nitrogens with zero attached hydrogens (tertiary/aromatic N) is 6. The number of carboxylic acid groups (broad SMARTS) is 1. The van der Waals surface area contributed by atoms with Crippen LogP contribution in [0.2, 0.25) is 0 Å². The summed E-state index contributed by atoms with van der Waals surface area (Å²) in [5, 5.41) is 22.5. The lowest BCUT2D eigenvalue weighted by Gasteiger charge is -2.55. The number of ether oxygens (including phenoxy) is 1. The normalized spacial score (nSPS) is 22.0. The molecule has 1 aromatic heterocycles. The summed E-state index contributed by atoms with van der Waals surface area (Å²) in [5.41, 5.74) is 6.21. The standard InChI is InChI=1S/C11H14N6O4S2.C10H16N/c1-16-10(13-14-15-16)23-4-5-3-22-9-11(12,21-2)8(20)17(9)6(5)7(18)19;1-11(2,3)9-10-7-5-4-6-8-10/h9H,3-4,12H2,1-2H3,(H,18,19);4-8H,9H2,1-3H3/q;+1/p-1/t9-,11-;/m0./s1. The first-order chi connectivity index (χ1) is 16.0. The Balaban J connectivity index is 0.000000248. The summed E-state index contributed by atoms with van der Waals surface area (Å²) in [5.74, 6) is -1.27. The fourth-order valence-corrected chi connectivity index (χ4v) is 5.91. The van der Waals surface area contributed by atoms with E-state index in [1.54, 1.807) is 7.05 Å². The number of aliphatic carboxylic acids is 1. The topological polar surface area (TPSA) is 139 Å². The first kappa shape index (κ1) is 26.2. The zero-order valence-corrected chi connectivity index (χ0v) is 21.4. The van der Waals surface area contributed by atoms with Crippen LogP contribution in [0.5, 0.6) is 0 Å². The zero-order chi connectivity index (χ0) is 25.1. The van der Waals surface area contributed by atoms with Crippen molar-refractivity contribution in [1.82, 2.24) is 25.1 Å².